The fraction of sp³-hybridized carbons (Fsp3) is 0.130. The van der Waals surface area contributed by atoms with E-state index in [0.29, 0.717) is 11.3 Å². The zero-order valence-corrected chi connectivity index (χ0v) is 17.6. The second-order valence-corrected chi connectivity index (χ2v) is 6.89. The van der Waals surface area contributed by atoms with E-state index >= 15 is 0 Å². The molecule has 0 unspecified atom stereocenters. The van der Waals surface area contributed by atoms with Gasteiger partial charge in [0.1, 0.15) is 6.61 Å². The van der Waals surface area contributed by atoms with Crippen LogP contribution in [-0.4, -0.2) is 24.2 Å². The minimum Gasteiger partial charge on any atom is -0.493 e. The number of carbonyl (C=O) groups is 1. The first-order valence-corrected chi connectivity index (χ1v) is 9.61. The Hall–Kier alpha value is -4.40. The predicted octanol–water partition coefficient (Wildman–Crippen LogP) is 3.84. The Morgan fingerprint density at radius 2 is 1.91 bits per heavy atom. The van der Waals surface area contributed by atoms with Gasteiger partial charge in [0.05, 0.1) is 23.8 Å². The Bertz CT molecular complexity index is 1160. The third-order valence-corrected chi connectivity index (χ3v) is 4.56. The van der Waals surface area contributed by atoms with Gasteiger partial charge in [-0.2, -0.15) is 5.10 Å². The molecule has 164 valence electrons. The van der Waals surface area contributed by atoms with Crippen LogP contribution in [0, 0.1) is 17.0 Å². The highest BCUT2D eigenvalue weighted by atomic mass is 16.6. The van der Waals surface area contributed by atoms with Crippen molar-refractivity contribution in [2.45, 2.75) is 13.5 Å². The molecule has 0 fully saturated rings. The van der Waals surface area contributed by atoms with Crippen LogP contribution in [0.3, 0.4) is 0 Å². The fourth-order valence-electron chi connectivity index (χ4n) is 2.88. The minimum absolute atomic E-state index is 0.0105. The van der Waals surface area contributed by atoms with Gasteiger partial charge in [0.2, 0.25) is 5.75 Å². The summed E-state index contributed by atoms with van der Waals surface area (Å²) in [4.78, 5) is 23.3. The number of hydrazone groups is 1. The van der Waals surface area contributed by atoms with Gasteiger partial charge in [-0.1, -0.05) is 42.0 Å². The van der Waals surface area contributed by atoms with Crippen molar-refractivity contribution in [1.29, 1.82) is 0 Å². The summed E-state index contributed by atoms with van der Waals surface area (Å²) in [6, 6.07) is 17.0. The third-order valence-electron chi connectivity index (χ3n) is 4.56. The van der Waals surface area contributed by atoms with Gasteiger partial charge >= 0.3 is 5.69 Å². The van der Waals surface area contributed by atoms with Crippen molar-refractivity contribution in [3.8, 4) is 11.5 Å². The molecule has 0 spiro atoms. The molecule has 32 heavy (non-hydrogen) atoms. The van der Waals surface area contributed by atoms with Crippen molar-refractivity contribution in [1.82, 2.24) is 5.43 Å². The van der Waals surface area contributed by atoms with Crippen LogP contribution < -0.4 is 20.6 Å². The van der Waals surface area contributed by atoms with Crippen molar-refractivity contribution in [3.05, 3.63) is 93.0 Å². The zero-order chi connectivity index (χ0) is 23.1. The molecule has 3 aromatic carbocycles. The second kappa shape index (κ2) is 10.1. The number of nitrogens with two attached hydrogens (primary N) is 1. The topological polar surface area (TPSA) is 129 Å². The highest BCUT2D eigenvalue weighted by Crippen LogP contribution is 2.38. The van der Waals surface area contributed by atoms with Crippen LogP contribution in [-0.2, 0) is 6.61 Å². The van der Waals surface area contributed by atoms with Gasteiger partial charge in [0, 0.05) is 17.3 Å². The van der Waals surface area contributed by atoms with Gasteiger partial charge in [0.25, 0.3) is 5.91 Å². The molecule has 3 rings (SSSR count). The Morgan fingerprint density at radius 1 is 1.19 bits per heavy atom. The number of carbonyl (C=O) groups excluding carboxylic acids is 1. The van der Waals surface area contributed by atoms with E-state index in [2.05, 4.69) is 10.5 Å². The number of hydrogen-bond donors (Lipinski definition) is 2. The molecule has 3 N–H and O–H groups in total. The average Bonchev–Trinajstić information content (AvgIpc) is 2.78. The zero-order valence-electron chi connectivity index (χ0n) is 17.6. The maximum Gasteiger partial charge on any atom is 0.315 e. The Labute approximate surface area is 184 Å². The SMILES string of the molecule is COc1cc(/C=N\NC(=O)c2ccccc2N)cc([N+](=O)[O-])c1OCc1ccc(C)cc1. The lowest BCUT2D eigenvalue weighted by molar-refractivity contribution is -0.386. The molecule has 0 saturated heterocycles. The highest BCUT2D eigenvalue weighted by molar-refractivity contribution is 5.99. The van der Waals surface area contributed by atoms with Gasteiger partial charge in [-0.05, 0) is 30.7 Å². The van der Waals surface area contributed by atoms with Crippen molar-refractivity contribution in [2.24, 2.45) is 5.10 Å². The number of nitrogen functional groups attached to an aromatic ring is 1. The second-order valence-electron chi connectivity index (χ2n) is 6.89. The number of nitro groups is 1. The normalized spacial score (nSPS) is 10.7. The molecule has 0 heterocycles. The summed E-state index contributed by atoms with van der Waals surface area (Å²) in [5.74, 6) is -0.318. The van der Waals surface area contributed by atoms with E-state index in [4.69, 9.17) is 15.2 Å². The number of hydrogen-bond acceptors (Lipinski definition) is 7. The number of anilines is 1. The summed E-state index contributed by atoms with van der Waals surface area (Å²) >= 11 is 0. The summed E-state index contributed by atoms with van der Waals surface area (Å²) in [6.45, 7) is 2.11. The van der Waals surface area contributed by atoms with E-state index < -0.39 is 10.8 Å². The number of nitro benzene ring substituents is 1. The van der Waals surface area contributed by atoms with E-state index in [0.717, 1.165) is 11.1 Å². The molecule has 9 nitrogen and oxygen atoms in total. The molecule has 3 aromatic rings. The number of nitrogens with zero attached hydrogens (tertiary/aromatic N) is 2. The van der Waals surface area contributed by atoms with Crippen LogP contribution in [0.4, 0.5) is 11.4 Å². The molecule has 0 saturated carbocycles. The monoisotopic (exact) mass is 434 g/mol. The molecule has 0 bridgehead atoms. The van der Waals surface area contributed by atoms with Crippen molar-refractivity contribution >= 4 is 23.5 Å². The van der Waals surface area contributed by atoms with Gasteiger partial charge in [-0.25, -0.2) is 5.43 Å². The number of benzene rings is 3. The Morgan fingerprint density at radius 3 is 2.56 bits per heavy atom. The molecule has 0 radical (unpaired) electrons. The lowest BCUT2D eigenvalue weighted by Crippen LogP contribution is -2.19. The van der Waals surface area contributed by atoms with Crippen LogP contribution >= 0.6 is 0 Å². The molecule has 0 aliphatic rings. The molecule has 0 aliphatic carbocycles. The number of para-hydroxylation sites is 1. The van der Waals surface area contributed by atoms with Crippen molar-refractivity contribution in [3.63, 3.8) is 0 Å². The quantitative estimate of drug-likeness (QED) is 0.240. The van der Waals surface area contributed by atoms with E-state index in [-0.39, 0.29) is 29.4 Å². The smallest absolute Gasteiger partial charge is 0.315 e. The van der Waals surface area contributed by atoms with Crippen LogP contribution in [0.1, 0.15) is 27.0 Å². The Kier molecular flexibility index (Phi) is 7.02. The summed E-state index contributed by atoms with van der Waals surface area (Å²) in [6.07, 6.45) is 1.27. The number of ether oxygens (including phenoxy) is 2. The fourth-order valence-corrected chi connectivity index (χ4v) is 2.88. The maximum atomic E-state index is 12.2. The Balaban J connectivity index is 1.80. The molecular formula is C23H22N4O5. The molecule has 1 amide bonds. The summed E-state index contributed by atoms with van der Waals surface area (Å²) < 4.78 is 11.0. The number of rotatable bonds is 8. The third kappa shape index (κ3) is 5.39. The number of nitrogens with one attached hydrogen (secondary N) is 1. The van der Waals surface area contributed by atoms with E-state index in [1.54, 1.807) is 24.3 Å². The first kappa shape index (κ1) is 22.3. The van der Waals surface area contributed by atoms with Gasteiger partial charge < -0.3 is 15.2 Å². The van der Waals surface area contributed by atoms with E-state index in [9.17, 15) is 14.9 Å². The number of aryl methyl sites for hydroxylation is 1. The molecule has 0 atom stereocenters. The molecule has 0 aliphatic heterocycles. The number of methoxy groups -OCH3 is 1. The largest absolute Gasteiger partial charge is 0.493 e. The lowest BCUT2D eigenvalue weighted by atomic mass is 10.1. The van der Waals surface area contributed by atoms with Crippen molar-refractivity contribution < 1.29 is 19.2 Å². The average molecular weight is 434 g/mol. The van der Waals surface area contributed by atoms with Gasteiger partial charge in [-0.15, -0.1) is 0 Å². The maximum absolute atomic E-state index is 12.2. The van der Waals surface area contributed by atoms with Crippen LogP contribution in [0.15, 0.2) is 65.8 Å². The summed E-state index contributed by atoms with van der Waals surface area (Å²) in [7, 11) is 1.39. The summed E-state index contributed by atoms with van der Waals surface area (Å²) in [5.41, 5.74) is 10.7. The van der Waals surface area contributed by atoms with Gasteiger partial charge in [0.15, 0.2) is 5.75 Å². The van der Waals surface area contributed by atoms with Crippen LogP contribution in [0.25, 0.3) is 0 Å². The highest BCUT2D eigenvalue weighted by Gasteiger charge is 2.22. The summed E-state index contributed by atoms with van der Waals surface area (Å²) in [5, 5.41) is 15.5. The molecular weight excluding hydrogens is 412 g/mol. The standard InChI is InChI=1S/C23H22N4O5/c1-15-7-9-16(10-8-15)14-32-22-20(27(29)30)11-17(12-21(22)31-2)13-25-26-23(28)18-5-3-4-6-19(18)24/h3-13H,14,24H2,1-2H3,(H,26,28)/b25-13-. The molecule has 9 heteroatoms. The lowest BCUT2D eigenvalue weighted by Gasteiger charge is -2.12. The van der Waals surface area contributed by atoms with E-state index in [1.165, 1.54) is 25.5 Å². The first-order chi connectivity index (χ1) is 15.4. The number of amides is 1. The van der Waals surface area contributed by atoms with Crippen molar-refractivity contribution in [2.75, 3.05) is 12.8 Å². The first-order valence-electron chi connectivity index (χ1n) is 9.61. The molecule has 0 aromatic heterocycles. The van der Waals surface area contributed by atoms with E-state index in [1.807, 2.05) is 31.2 Å². The minimum atomic E-state index is -0.562. The van der Waals surface area contributed by atoms with Crippen LogP contribution in [0.5, 0.6) is 11.5 Å². The predicted molar refractivity (Wildman–Crippen MR) is 121 cm³/mol. The van der Waals surface area contributed by atoms with Crippen LogP contribution in [0.2, 0.25) is 0 Å². The van der Waals surface area contributed by atoms with Gasteiger partial charge in [-0.3, -0.25) is 14.9 Å².